The molecule has 1 aromatic carbocycles. The van der Waals surface area contributed by atoms with E-state index in [0.29, 0.717) is 6.54 Å². The molecule has 0 aromatic heterocycles. The summed E-state index contributed by atoms with van der Waals surface area (Å²) in [5.74, 6) is 0.839. The average molecular weight is 271 g/mol. The molecule has 1 heterocycles. The first-order valence-corrected chi connectivity index (χ1v) is 6.36. The molecular formula is C14H19F2NO2. The van der Waals surface area contributed by atoms with Crippen molar-refractivity contribution in [3.05, 3.63) is 29.3 Å². The highest BCUT2D eigenvalue weighted by molar-refractivity contribution is 5.45. The van der Waals surface area contributed by atoms with E-state index in [1.807, 2.05) is 32.0 Å². The summed E-state index contributed by atoms with van der Waals surface area (Å²) in [6.45, 7) is 4.31. The first-order chi connectivity index (χ1) is 8.89. The first kappa shape index (κ1) is 14.2. The van der Waals surface area contributed by atoms with Crippen LogP contribution in [0.1, 0.15) is 25.0 Å². The smallest absolute Gasteiger partial charge is 0.265 e. The summed E-state index contributed by atoms with van der Waals surface area (Å²) in [7, 11) is 0. The Kier molecular flexibility index (Phi) is 4.06. The maximum atomic E-state index is 12.2. The predicted molar refractivity (Wildman–Crippen MR) is 68.6 cm³/mol. The van der Waals surface area contributed by atoms with Gasteiger partial charge in [-0.3, -0.25) is 0 Å². The number of halogens is 2. The molecular weight excluding hydrogens is 252 g/mol. The molecule has 2 N–H and O–H groups in total. The van der Waals surface area contributed by atoms with E-state index in [1.165, 1.54) is 0 Å². The fourth-order valence-corrected chi connectivity index (χ4v) is 2.26. The predicted octanol–water partition coefficient (Wildman–Crippen LogP) is 2.12. The molecule has 0 aliphatic carbocycles. The zero-order valence-electron chi connectivity index (χ0n) is 11.1. The molecule has 19 heavy (non-hydrogen) atoms. The van der Waals surface area contributed by atoms with Gasteiger partial charge >= 0.3 is 0 Å². The van der Waals surface area contributed by atoms with Crippen LogP contribution in [0.4, 0.5) is 8.78 Å². The van der Waals surface area contributed by atoms with Crippen LogP contribution in [-0.2, 0) is 13.0 Å². The third-order valence-electron chi connectivity index (χ3n) is 3.13. The number of fused-ring (bicyclic) bond motifs is 1. The second-order valence-corrected chi connectivity index (χ2v) is 5.48. The maximum Gasteiger partial charge on any atom is 0.265 e. The van der Waals surface area contributed by atoms with Crippen molar-refractivity contribution in [1.29, 1.82) is 0 Å². The van der Waals surface area contributed by atoms with E-state index in [0.717, 1.165) is 23.3 Å². The van der Waals surface area contributed by atoms with E-state index in [-0.39, 0.29) is 12.1 Å². The van der Waals surface area contributed by atoms with Crippen LogP contribution in [0.15, 0.2) is 18.2 Å². The molecule has 1 aromatic rings. The minimum Gasteiger partial charge on any atom is -0.487 e. The molecule has 2 rings (SSSR count). The minimum atomic E-state index is -2.72. The number of rotatable bonds is 5. The Morgan fingerprint density at radius 1 is 1.42 bits per heavy atom. The zero-order chi connectivity index (χ0) is 14.0. The Morgan fingerprint density at radius 3 is 2.84 bits per heavy atom. The quantitative estimate of drug-likeness (QED) is 0.862. The molecule has 3 nitrogen and oxygen atoms in total. The molecule has 0 amide bonds. The fraction of sp³-hybridized carbons (Fsp3) is 0.571. The summed E-state index contributed by atoms with van der Waals surface area (Å²) in [5.41, 5.74) is 1.85. The van der Waals surface area contributed by atoms with Crippen molar-refractivity contribution in [3.8, 4) is 5.75 Å². The Bertz CT molecular complexity index is 449. The Balaban J connectivity index is 1.98. The third-order valence-corrected chi connectivity index (χ3v) is 3.13. The van der Waals surface area contributed by atoms with Gasteiger partial charge in [0.2, 0.25) is 0 Å². The lowest BCUT2D eigenvalue weighted by Gasteiger charge is -2.18. The van der Waals surface area contributed by atoms with Crippen LogP contribution in [0, 0.1) is 0 Å². The SMILES string of the molecule is CC1(C)Cc2cccc(CNCC(O)C(F)F)c2O1. The van der Waals surface area contributed by atoms with Gasteiger partial charge in [-0.25, -0.2) is 8.78 Å². The number of aliphatic hydroxyl groups is 1. The van der Waals surface area contributed by atoms with Gasteiger partial charge in [0.1, 0.15) is 17.5 Å². The van der Waals surface area contributed by atoms with Crippen molar-refractivity contribution in [2.75, 3.05) is 6.54 Å². The number of aliphatic hydroxyl groups excluding tert-OH is 1. The van der Waals surface area contributed by atoms with E-state index < -0.39 is 12.5 Å². The number of benzene rings is 1. The maximum absolute atomic E-state index is 12.2. The van der Waals surface area contributed by atoms with E-state index in [2.05, 4.69) is 5.32 Å². The highest BCUT2D eigenvalue weighted by atomic mass is 19.3. The monoisotopic (exact) mass is 271 g/mol. The Labute approximate surface area is 111 Å². The minimum absolute atomic E-state index is 0.134. The number of nitrogens with one attached hydrogen (secondary N) is 1. The van der Waals surface area contributed by atoms with Gasteiger partial charge in [0.15, 0.2) is 0 Å². The number of ether oxygens (including phenoxy) is 1. The zero-order valence-corrected chi connectivity index (χ0v) is 11.1. The van der Waals surface area contributed by atoms with E-state index in [1.54, 1.807) is 0 Å². The van der Waals surface area contributed by atoms with Gasteiger partial charge in [-0.15, -0.1) is 0 Å². The lowest BCUT2D eigenvalue weighted by atomic mass is 10.0. The van der Waals surface area contributed by atoms with E-state index in [9.17, 15) is 8.78 Å². The van der Waals surface area contributed by atoms with Crippen molar-refractivity contribution in [1.82, 2.24) is 5.32 Å². The molecule has 0 spiro atoms. The topological polar surface area (TPSA) is 41.5 Å². The number of hydrogen-bond acceptors (Lipinski definition) is 3. The normalized spacial score (nSPS) is 18.2. The van der Waals surface area contributed by atoms with Gasteiger partial charge in [-0.1, -0.05) is 18.2 Å². The lowest BCUT2D eigenvalue weighted by Crippen LogP contribution is -2.31. The Morgan fingerprint density at radius 2 is 2.16 bits per heavy atom. The number of para-hydroxylation sites is 1. The molecule has 1 atom stereocenters. The van der Waals surface area contributed by atoms with Crippen molar-refractivity contribution in [2.24, 2.45) is 0 Å². The van der Waals surface area contributed by atoms with Crippen LogP contribution in [0.25, 0.3) is 0 Å². The highest BCUT2D eigenvalue weighted by Gasteiger charge is 2.31. The third kappa shape index (κ3) is 3.42. The summed E-state index contributed by atoms with van der Waals surface area (Å²) >= 11 is 0. The van der Waals surface area contributed by atoms with Gasteiger partial charge in [-0.05, 0) is 19.4 Å². The summed E-state index contributed by atoms with van der Waals surface area (Å²) < 4.78 is 30.2. The molecule has 1 aliphatic rings. The molecule has 1 unspecified atom stereocenters. The average Bonchev–Trinajstić information content (AvgIpc) is 2.63. The number of hydrogen-bond donors (Lipinski definition) is 2. The molecule has 5 heteroatoms. The van der Waals surface area contributed by atoms with Crippen LogP contribution in [0.2, 0.25) is 0 Å². The van der Waals surface area contributed by atoms with Gasteiger partial charge in [-0.2, -0.15) is 0 Å². The summed E-state index contributed by atoms with van der Waals surface area (Å²) in [5, 5.41) is 11.9. The largest absolute Gasteiger partial charge is 0.487 e. The van der Waals surface area contributed by atoms with E-state index in [4.69, 9.17) is 9.84 Å². The standard InChI is InChI=1S/C14H19F2NO2/c1-14(2)6-9-4-3-5-10(12(9)19-14)7-17-8-11(18)13(15)16/h3-5,11,13,17-18H,6-8H2,1-2H3. The van der Waals surface area contributed by atoms with Crippen LogP contribution in [0.5, 0.6) is 5.75 Å². The van der Waals surface area contributed by atoms with Gasteiger partial charge in [0.05, 0.1) is 0 Å². The molecule has 1 aliphatic heterocycles. The van der Waals surface area contributed by atoms with Crippen molar-refractivity contribution < 1.29 is 18.6 Å². The van der Waals surface area contributed by atoms with E-state index >= 15 is 0 Å². The second-order valence-electron chi connectivity index (χ2n) is 5.48. The van der Waals surface area contributed by atoms with Crippen molar-refractivity contribution >= 4 is 0 Å². The van der Waals surface area contributed by atoms with Crippen LogP contribution >= 0.6 is 0 Å². The second kappa shape index (κ2) is 5.43. The van der Waals surface area contributed by atoms with Crippen LogP contribution in [0.3, 0.4) is 0 Å². The lowest BCUT2D eigenvalue weighted by molar-refractivity contribution is -0.00344. The summed E-state index contributed by atoms with van der Waals surface area (Å²) in [6, 6.07) is 5.85. The van der Waals surface area contributed by atoms with Gasteiger partial charge in [0.25, 0.3) is 6.43 Å². The van der Waals surface area contributed by atoms with Crippen LogP contribution in [-0.4, -0.2) is 29.8 Å². The molecule has 0 fully saturated rings. The van der Waals surface area contributed by atoms with Crippen molar-refractivity contribution in [2.45, 2.75) is 44.9 Å². The fourth-order valence-electron chi connectivity index (χ4n) is 2.26. The molecule has 0 saturated carbocycles. The first-order valence-electron chi connectivity index (χ1n) is 6.36. The van der Waals surface area contributed by atoms with Gasteiger partial charge in [0, 0.05) is 25.1 Å². The van der Waals surface area contributed by atoms with Crippen molar-refractivity contribution in [3.63, 3.8) is 0 Å². The molecule has 0 bridgehead atoms. The Hall–Kier alpha value is -1.20. The summed E-state index contributed by atoms with van der Waals surface area (Å²) in [6.07, 6.45) is -3.51. The molecule has 106 valence electrons. The number of alkyl halides is 2. The molecule has 0 saturated heterocycles. The van der Waals surface area contributed by atoms with Crippen LogP contribution < -0.4 is 10.1 Å². The summed E-state index contributed by atoms with van der Waals surface area (Å²) in [4.78, 5) is 0. The highest BCUT2D eigenvalue weighted by Crippen LogP contribution is 2.37. The molecule has 0 radical (unpaired) electrons. The van der Waals surface area contributed by atoms with Gasteiger partial charge < -0.3 is 15.2 Å².